The Morgan fingerprint density at radius 3 is 2.48 bits per heavy atom. The molecule has 0 aliphatic carbocycles. The third-order valence-corrected chi connectivity index (χ3v) is 6.01. The minimum atomic E-state index is -3.75. The van der Waals surface area contributed by atoms with E-state index in [4.69, 9.17) is 6.42 Å². The molecule has 2 aromatic carbocycles. The fourth-order valence-corrected chi connectivity index (χ4v) is 3.68. The van der Waals surface area contributed by atoms with Crippen LogP contribution in [0.2, 0.25) is 0 Å². The van der Waals surface area contributed by atoms with Crippen LogP contribution in [-0.4, -0.2) is 27.4 Å². The van der Waals surface area contributed by atoms with Crippen LogP contribution >= 0.6 is 15.9 Å². The van der Waals surface area contributed by atoms with Crippen LogP contribution in [0.4, 0.5) is 0 Å². The lowest BCUT2D eigenvalue weighted by molar-refractivity contribution is 0.0945. The van der Waals surface area contributed by atoms with Crippen LogP contribution in [-0.2, 0) is 15.4 Å². The van der Waals surface area contributed by atoms with E-state index in [2.05, 4.69) is 31.9 Å². The highest BCUT2D eigenvalue weighted by atomic mass is 79.9. The monoisotopic (exact) mass is 448 g/mol. The Balaban J connectivity index is 2.11. The van der Waals surface area contributed by atoms with Gasteiger partial charge in [0.25, 0.3) is 5.91 Å². The van der Waals surface area contributed by atoms with E-state index in [1.807, 2.05) is 38.1 Å². The summed E-state index contributed by atoms with van der Waals surface area (Å²) in [4.78, 5) is 12.5. The van der Waals surface area contributed by atoms with Crippen molar-refractivity contribution in [2.24, 2.45) is 0 Å². The maximum atomic E-state index is 12.5. The van der Waals surface area contributed by atoms with Crippen LogP contribution in [0.1, 0.15) is 29.8 Å². The van der Waals surface area contributed by atoms with Crippen molar-refractivity contribution in [1.29, 1.82) is 0 Å². The number of sulfonamides is 1. The van der Waals surface area contributed by atoms with Gasteiger partial charge < -0.3 is 5.32 Å². The van der Waals surface area contributed by atoms with Gasteiger partial charge in [0.15, 0.2) is 0 Å². The summed E-state index contributed by atoms with van der Waals surface area (Å²) in [5.74, 6) is 1.88. The molecule has 0 fully saturated rings. The van der Waals surface area contributed by atoms with E-state index in [-0.39, 0.29) is 28.3 Å². The van der Waals surface area contributed by atoms with E-state index >= 15 is 0 Å². The van der Waals surface area contributed by atoms with Gasteiger partial charge in [-0.15, -0.1) is 6.42 Å². The van der Waals surface area contributed by atoms with Crippen molar-refractivity contribution < 1.29 is 13.2 Å². The molecule has 142 valence electrons. The highest BCUT2D eigenvalue weighted by Gasteiger charge is 2.22. The van der Waals surface area contributed by atoms with Crippen molar-refractivity contribution in [3.63, 3.8) is 0 Å². The lowest BCUT2D eigenvalue weighted by atomic mass is 9.84. The van der Waals surface area contributed by atoms with Crippen LogP contribution in [0.3, 0.4) is 0 Å². The first-order valence-electron chi connectivity index (χ1n) is 8.23. The minimum Gasteiger partial charge on any atom is -0.351 e. The highest BCUT2D eigenvalue weighted by molar-refractivity contribution is 9.10. The molecule has 0 radical (unpaired) electrons. The van der Waals surface area contributed by atoms with Crippen LogP contribution < -0.4 is 10.0 Å². The van der Waals surface area contributed by atoms with Crippen molar-refractivity contribution >= 4 is 31.9 Å². The summed E-state index contributed by atoms with van der Waals surface area (Å²) in [6.07, 6.45) is 5.08. The second kappa shape index (κ2) is 8.70. The van der Waals surface area contributed by atoms with E-state index in [1.165, 1.54) is 18.2 Å². The molecule has 0 aromatic heterocycles. The van der Waals surface area contributed by atoms with E-state index in [0.717, 1.165) is 10.0 Å². The molecule has 7 heteroatoms. The number of benzene rings is 2. The van der Waals surface area contributed by atoms with Gasteiger partial charge in [0.05, 0.1) is 11.4 Å². The minimum absolute atomic E-state index is 0.00225. The van der Waals surface area contributed by atoms with Gasteiger partial charge in [0.2, 0.25) is 10.0 Å². The van der Waals surface area contributed by atoms with Gasteiger partial charge in [-0.05, 0) is 35.9 Å². The van der Waals surface area contributed by atoms with Crippen molar-refractivity contribution in [2.75, 3.05) is 13.1 Å². The van der Waals surface area contributed by atoms with Crippen molar-refractivity contribution in [1.82, 2.24) is 10.0 Å². The van der Waals surface area contributed by atoms with Crippen molar-refractivity contribution in [2.45, 2.75) is 24.2 Å². The standard InChI is InChI=1S/C20H21BrN2O3S/c1-4-12-23-27(25,26)18-7-5-6-15(13-18)19(24)22-14-20(2,3)16-8-10-17(21)11-9-16/h1,5-11,13,23H,12,14H2,2-3H3,(H,22,24). The summed E-state index contributed by atoms with van der Waals surface area (Å²) in [5, 5.41) is 2.88. The highest BCUT2D eigenvalue weighted by Crippen LogP contribution is 2.24. The average molecular weight is 449 g/mol. The molecular weight excluding hydrogens is 428 g/mol. The summed E-state index contributed by atoms with van der Waals surface area (Å²) in [6.45, 7) is 4.35. The zero-order chi connectivity index (χ0) is 20.1. The number of hydrogen-bond acceptors (Lipinski definition) is 3. The fraction of sp³-hybridized carbons (Fsp3) is 0.250. The SMILES string of the molecule is C#CCNS(=O)(=O)c1cccc(C(=O)NCC(C)(C)c2ccc(Br)cc2)c1. The lowest BCUT2D eigenvalue weighted by Crippen LogP contribution is -2.36. The first-order chi connectivity index (χ1) is 12.7. The molecule has 2 N–H and O–H groups in total. The summed E-state index contributed by atoms with van der Waals surface area (Å²) in [5.41, 5.74) is 1.07. The second-order valence-corrected chi connectivity index (χ2v) is 9.31. The number of halogens is 1. The molecule has 0 heterocycles. The molecule has 0 aliphatic heterocycles. The zero-order valence-electron chi connectivity index (χ0n) is 15.1. The quantitative estimate of drug-likeness (QED) is 0.639. The Bertz CT molecular complexity index is 961. The van der Waals surface area contributed by atoms with Crippen LogP contribution in [0, 0.1) is 12.3 Å². The average Bonchev–Trinajstić information content (AvgIpc) is 2.65. The van der Waals surface area contributed by atoms with Gasteiger partial charge in [0.1, 0.15) is 0 Å². The molecule has 0 atom stereocenters. The molecule has 0 spiro atoms. The van der Waals surface area contributed by atoms with Crippen LogP contribution in [0.25, 0.3) is 0 Å². The third kappa shape index (κ3) is 5.67. The molecule has 0 saturated heterocycles. The fourth-order valence-electron chi connectivity index (χ4n) is 2.43. The predicted molar refractivity (Wildman–Crippen MR) is 110 cm³/mol. The van der Waals surface area contributed by atoms with Gasteiger partial charge in [-0.3, -0.25) is 4.79 Å². The van der Waals surface area contributed by atoms with Crippen LogP contribution in [0.5, 0.6) is 0 Å². The number of rotatable bonds is 7. The number of terminal acetylenes is 1. The Morgan fingerprint density at radius 2 is 1.85 bits per heavy atom. The molecule has 2 aromatic rings. The topological polar surface area (TPSA) is 75.3 Å². The first-order valence-corrected chi connectivity index (χ1v) is 10.5. The normalized spacial score (nSPS) is 11.6. The Kier molecular flexibility index (Phi) is 6.82. The number of hydrogen-bond donors (Lipinski definition) is 2. The Hall–Kier alpha value is -2.14. The molecule has 5 nitrogen and oxygen atoms in total. The number of nitrogens with one attached hydrogen (secondary N) is 2. The van der Waals surface area contributed by atoms with Crippen LogP contribution in [0.15, 0.2) is 57.9 Å². The molecule has 27 heavy (non-hydrogen) atoms. The molecule has 0 unspecified atom stereocenters. The summed E-state index contributed by atoms with van der Waals surface area (Å²) in [7, 11) is -3.75. The summed E-state index contributed by atoms with van der Waals surface area (Å²) in [6, 6.07) is 13.8. The molecule has 0 saturated carbocycles. The van der Waals surface area contributed by atoms with Crippen molar-refractivity contribution in [3.05, 3.63) is 64.1 Å². The van der Waals surface area contributed by atoms with E-state index in [1.54, 1.807) is 6.07 Å². The smallest absolute Gasteiger partial charge is 0.251 e. The summed E-state index contributed by atoms with van der Waals surface area (Å²) < 4.78 is 27.6. The predicted octanol–water partition coefficient (Wildman–Crippen LogP) is 3.07. The third-order valence-electron chi connectivity index (χ3n) is 4.09. The van der Waals surface area contributed by atoms with E-state index in [0.29, 0.717) is 6.54 Å². The van der Waals surface area contributed by atoms with Gasteiger partial charge in [0, 0.05) is 22.0 Å². The molecular formula is C20H21BrN2O3S. The van der Waals surface area contributed by atoms with Gasteiger partial charge in [-0.25, -0.2) is 8.42 Å². The zero-order valence-corrected chi connectivity index (χ0v) is 17.5. The maximum absolute atomic E-state index is 12.5. The van der Waals surface area contributed by atoms with Crippen molar-refractivity contribution in [3.8, 4) is 12.3 Å². The van der Waals surface area contributed by atoms with Gasteiger partial charge >= 0.3 is 0 Å². The Morgan fingerprint density at radius 1 is 1.19 bits per heavy atom. The largest absolute Gasteiger partial charge is 0.351 e. The number of carbonyl (C=O) groups is 1. The Labute approximate surface area is 168 Å². The van der Waals surface area contributed by atoms with E-state index in [9.17, 15) is 13.2 Å². The van der Waals surface area contributed by atoms with E-state index < -0.39 is 10.0 Å². The number of amides is 1. The second-order valence-electron chi connectivity index (χ2n) is 6.63. The molecule has 0 bridgehead atoms. The maximum Gasteiger partial charge on any atom is 0.251 e. The molecule has 1 amide bonds. The lowest BCUT2D eigenvalue weighted by Gasteiger charge is -2.25. The molecule has 2 rings (SSSR count). The summed E-state index contributed by atoms with van der Waals surface area (Å²) >= 11 is 3.41. The van der Waals surface area contributed by atoms with Gasteiger partial charge in [-0.2, -0.15) is 4.72 Å². The first kappa shape index (κ1) is 21.2. The molecule has 0 aliphatic rings. The van der Waals surface area contributed by atoms with Gasteiger partial charge in [-0.1, -0.05) is 53.9 Å². The number of carbonyl (C=O) groups excluding carboxylic acids is 1.